The maximum atomic E-state index is 14.0. The van der Waals surface area contributed by atoms with Gasteiger partial charge in [0.05, 0.1) is 28.7 Å². The van der Waals surface area contributed by atoms with Crippen molar-refractivity contribution < 1.29 is 13.2 Å². The van der Waals surface area contributed by atoms with Gasteiger partial charge in [-0.15, -0.1) is 0 Å². The molecule has 0 aliphatic heterocycles. The van der Waals surface area contributed by atoms with Crippen LogP contribution in [0.15, 0.2) is 101 Å². The molecule has 0 aliphatic rings. The van der Waals surface area contributed by atoms with Crippen LogP contribution in [0.4, 0.5) is 0 Å². The molecular weight excluding hydrogens is 462 g/mol. The number of rotatable bonds is 8. The normalized spacial score (nSPS) is 15.9. The van der Waals surface area contributed by atoms with Crippen molar-refractivity contribution in [1.82, 2.24) is 4.72 Å². The number of aryl methyl sites for hydroxylation is 1. The van der Waals surface area contributed by atoms with Crippen molar-refractivity contribution in [1.29, 1.82) is 0 Å². The van der Waals surface area contributed by atoms with E-state index in [0.29, 0.717) is 10.6 Å². The molecule has 176 valence electrons. The first-order chi connectivity index (χ1) is 16.3. The predicted octanol–water partition coefficient (Wildman–Crippen LogP) is 5.88. The van der Waals surface area contributed by atoms with E-state index in [2.05, 4.69) is 4.72 Å². The van der Waals surface area contributed by atoms with Crippen LogP contribution in [0.1, 0.15) is 25.0 Å². The molecule has 0 spiro atoms. The number of methoxy groups -OCH3 is 1. The summed E-state index contributed by atoms with van der Waals surface area (Å²) in [5.41, 5.74) is 1.17. The van der Waals surface area contributed by atoms with Gasteiger partial charge in [0.15, 0.2) is 0 Å². The molecule has 6 heteroatoms. The highest BCUT2D eigenvalue weighted by Crippen LogP contribution is 2.35. The van der Waals surface area contributed by atoms with Gasteiger partial charge in [-0.3, -0.25) is 4.21 Å². The molecule has 34 heavy (non-hydrogen) atoms. The molecule has 4 rings (SSSR count). The fourth-order valence-corrected chi connectivity index (χ4v) is 7.08. The van der Waals surface area contributed by atoms with Gasteiger partial charge in [-0.05, 0) is 49.9 Å². The minimum atomic E-state index is -1.65. The van der Waals surface area contributed by atoms with Crippen molar-refractivity contribution in [2.24, 2.45) is 0 Å². The van der Waals surface area contributed by atoms with Crippen molar-refractivity contribution >= 4 is 32.6 Å². The second kappa shape index (κ2) is 10.2. The van der Waals surface area contributed by atoms with Crippen molar-refractivity contribution in [3.05, 3.63) is 102 Å². The lowest BCUT2D eigenvalue weighted by atomic mass is 9.90. The molecule has 0 saturated heterocycles. The molecule has 0 aromatic heterocycles. The lowest BCUT2D eigenvalue weighted by molar-refractivity contribution is 0.402. The summed E-state index contributed by atoms with van der Waals surface area (Å²) in [5.74, 6) is 0.548. The van der Waals surface area contributed by atoms with Gasteiger partial charge in [0.25, 0.3) is 0 Å². The van der Waals surface area contributed by atoms with E-state index in [-0.39, 0.29) is 5.25 Å². The SMILES string of the molecule is COc1ccc2ccccc2c1[S@@](=O)N[C@@](C)(c1ccccc1)[C@H](C)[S@](=O)c1ccc(C)cc1. The van der Waals surface area contributed by atoms with Crippen LogP contribution in [0.25, 0.3) is 10.8 Å². The monoisotopic (exact) mass is 491 g/mol. The standard InChI is InChI=1S/C28H29NO3S2/c1-20-14-17-24(18-15-20)33(30)21(2)28(3,23-11-6-5-7-12-23)29-34(31)27-25-13-9-8-10-22(25)16-19-26(27)32-4/h5-19,21,29H,1-4H3/t21-,28+,33-,34+/m0/s1. The molecule has 0 radical (unpaired) electrons. The van der Waals surface area contributed by atoms with Gasteiger partial charge >= 0.3 is 0 Å². The van der Waals surface area contributed by atoms with E-state index >= 15 is 0 Å². The largest absolute Gasteiger partial charge is 0.495 e. The Morgan fingerprint density at radius 2 is 1.50 bits per heavy atom. The number of hydrogen-bond acceptors (Lipinski definition) is 3. The van der Waals surface area contributed by atoms with Crippen molar-refractivity contribution in [3.63, 3.8) is 0 Å². The van der Waals surface area contributed by atoms with Gasteiger partial charge in [-0.2, -0.15) is 0 Å². The Bertz CT molecular complexity index is 1340. The lowest BCUT2D eigenvalue weighted by Gasteiger charge is -2.36. The number of hydrogen-bond donors (Lipinski definition) is 1. The molecule has 4 aromatic carbocycles. The fourth-order valence-electron chi connectivity index (χ4n) is 4.07. The number of nitrogens with one attached hydrogen (secondary N) is 1. The molecule has 0 unspecified atom stereocenters. The zero-order chi connectivity index (χ0) is 24.3. The van der Waals surface area contributed by atoms with Gasteiger partial charge in [0.1, 0.15) is 21.6 Å². The maximum absolute atomic E-state index is 14.0. The summed E-state index contributed by atoms with van der Waals surface area (Å²) in [7, 11) is -1.41. The third-order valence-corrected chi connectivity index (χ3v) is 9.57. The van der Waals surface area contributed by atoms with Crippen molar-refractivity contribution in [2.75, 3.05) is 7.11 Å². The summed E-state index contributed by atoms with van der Waals surface area (Å²) < 4.78 is 36.6. The predicted molar refractivity (Wildman–Crippen MR) is 141 cm³/mol. The van der Waals surface area contributed by atoms with Crippen molar-refractivity contribution in [2.45, 2.75) is 41.4 Å². The van der Waals surface area contributed by atoms with Crippen molar-refractivity contribution in [3.8, 4) is 5.75 Å². The Morgan fingerprint density at radius 3 is 2.18 bits per heavy atom. The second-order valence-electron chi connectivity index (χ2n) is 8.51. The third-order valence-electron chi connectivity index (χ3n) is 6.31. The van der Waals surface area contributed by atoms with E-state index < -0.39 is 27.3 Å². The summed E-state index contributed by atoms with van der Waals surface area (Å²) >= 11 is 0. The van der Waals surface area contributed by atoms with Gasteiger partial charge in [0, 0.05) is 10.3 Å². The van der Waals surface area contributed by atoms with E-state index in [9.17, 15) is 8.42 Å². The molecule has 0 amide bonds. The molecule has 0 fully saturated rings. The number of ether oxygens (including phenoxy) is 1. The summed E-state index contributed by atoms with van der Waals surface area (Å²) in [5, 5.41) is 1.45. The van der Waals surface area contributed by atoms with E-state index in [1.165, 1.54) is 0 Å². The van der Waals surface area contributed by atoms with Gasteiger partial charge in [0.2, 0.25) is 0 Å². The fraction of sp³-hybridized carbons (Fsp3) is 0.214. The molecule has 4 nitrogen and oxygen atoms in total. The highest BCUT2D eigenvalue weighted by Gasteiger charge is 2.39. The van der Waals surface area contributed by atoms with Crippen LogP contribution in [-0.2, 0) is 27.3 Å². The summed E-state index contributed by atoms with van der Waals surface area (Å²) in [4.78, 5) is 1.33. The Morgan fingerprint density at radius 1 is 0.853 bits per heavy atom. The van der Waals surface area contributed by atoms with Crippen LogP contribution in [0.3, 0.4) is 0 Å². The average Bonchev–Trinajstić information content (AvgIpc) is 2.87. The Labute approximate surface area is 206 Å². The Balaban J connectivity index is 1.79. The van der Waals surface area contributed by atoms with Crippen LogP contribution in [-0.4, -0.2) is 20.8 Å². The van der Waals surface area contributed by atoms with E-state index in [4.69, 9.17) is 4.74 Å². The Kier molecular flexibility index (Phi) is 7.31. The topological polar surface area (TPSA) is 55.4 Å². The highest BCUT2D eigenvalue weighted by atomic mass is 32.2. The minimum Gasteiger partial charge on any atom is -0.495 e. The molecule has 0 saturated carbocycles. The van der Waals surface area contributed by atoms with E-state index in [1.54, 1.807) is 7.11 Å². The Hall–Kier alpha value is -2.80. The summed E-state index contributed by atoms with van der Waals surface area (Å²) in [6.45, 7) is 5.91. The summed E-state index contributed by atoms with van der Waals surface area (Å²) in [6, 6.07) is 29.1. The lowest BCUT2D eigenvalue weighted by Crippen LogP contribution is -2.50. The number of benzene rings is 4. The van der Waals surface area contributed by atoms with Crippen LogP contribution in [0, 0.1) is 6.92 Å². The molecule has 0 bridgehead atoms. The van der Waals surface area contributed by atoms with Crippen LogP contribution < -0.4 is 9.46 Å². The first-order valence-electron chi connectivity index (χ1n) is 11.1. The smallest absolute Gasteiger partial charge is 0.137 e. The molecule has 4 atom stereocenters. The zero-order valence-corrected chi connectivity index (χ0v) is 21.4. The van der Waals surface area contributed by atoms with E-state index in [1.807, 2.05) is 112 Å². The third kappa shape index (κ3) is 4.71. The van der Waals surface area contributed by atoms with E-state index in [0.717, 1.165) is 26.8 Å². The molecule has 0 aliphatic carbocycles. The number of fused-ring (bicyclic) bond motifs is 1. The molecule has 1 N–H and O–H groups in total. The van der Waals surface area contributed by atoms with Crippen LogP contribution in [0.2, 0.25) is 0 Å². The van der Waals surface area contributed by atoms with Gasteiger partial charge in [-0.1, -0.05) is 78.4 Å². The quantitative estimate of drug-likeness (QED) is 0.335. The minimum absolute atomic E-state index is 0.387. The first kappa shape index (κ1) is 24.3. The zero-order valence-electron chi connectivity index (χ0n) is 19.8. The second-order valence-corrected chi connectivity index (χ2v) is 11.4. The average molecular weight is 492 g/mol. The molecule has 0 heterocycles. The summed E-state index contributed by atoms with van der Waals surface area (Å²) in [6.07, 6.45) is 0. The molecule has 4 aromatic rings. The van der Waals surface area contributed by atoms with Gasteiger partial charge < -0.3 is 4.74 Å². The molecular formula is C28H29NO3S2. The van der Waals surface area contributed by atoms with Crippen LogP contribution >= 0.6 is 0 Å². The van der Waals surface area contributed by atoms with Gasteiger partial charge in [-0.25, -0.2) is 8.93 Å². The van der Waals surface area contributed by atoms with Crippen LogP contribution in [0.5, 0.6) is 5.75 Å². The maximum Gasteiger partial charge on any atom is 0.137 e. The highest BCUT2D eigenvalue weighted by molar-refractivity contribution is 7.86. The first-order valence-corrected chi connectivity index (χ1v) is 13.5.